The zero-order chi connectivity index (χ0) is 26.1. The Hall–Kier alpha value is -4.40. The van der Waals surface area contributed by atoms with E-state index in [4.69, 9.17) is 0 Å². The Morgan fingerprint density at radius 3 is 2.13 bits per heavy atom. The molecule has 0 atom stereocenters. The van der Waals surface area contributed by atoms with Gasteiger partial charge in [-0.25, -0.2) is 0 Å². The molecule has 6 aromatic carbocycles. The van der Waals surface area contributed by atoms with Crippen LogP contribution in [0.1, 0.15) is 25.0 Å². The number of anilines is 2. The summed E-state index contributed by atoms with van der Waals surface area (Å²) in [6, 6.07) is 44.5. The molecule has 1 nitrogen and oxygen atoms in total. The second-order valence-electron chi connectivity index (χ2n) is 11.1. The summed E-state index contributed by atoms with van der Waals surface area (Å²) in [5, 5.41) is 9.01. The van der Waals surface area contributed by atoms with Gasteiger partial charge in [0.15, 0.2) is 0 Å². The molecule has 0 fully saturated rings. The minimum atomic E-state index is -0.0307. The number of hydrogen-bond acceptors (Lipinski definition) is 2. The smallest absolute Gasteiger partial charge is 0.0470 e. The van der Waals surface area contributed by atoms with Crippen molar-refractivity contribution < 1.29 is 0 Å². The molecular weight excluding hydrogens is 490 g/mol. The van der Waals surface area contributed by atoms with E-state index in [1.807, 2.05) is 11.3 Å². The van der Waals surface area contributed by atoms with Crippen LogP contribution < -0.4 is 5.32 Å². The predicted octanol–water partition coefficient (Wildman–Crippen LogP) is 10.9. The molecule has 8 rings (SSSR count). The van der Waals surface area contributed by atoms with Gasteiger partial charge in [0, 0.05) is 42.5 Å². The van der Waals surface area contributed by atoms with E-state index >= 15 is 0 Å². The molecule has 0 spiro atoms. The van der Waals surface area contributed by atoms with Gasteiger partial charge in [0.1, 0.15) is 0 Å². The average Bonchev–Trinajstić information content (AvgIpc) is 3.45. The largest absolute Gasteiger partial charge is 0.355 e. The highest BCUT2D eigenvalue weighted by molar-refractivity contribution is 7.25. The number of hydrogen-bond donors (Lipinski definition) is 1. The molecule has 0 saturated heterocycles. The zero-order valence-corrected chi connectivity index (χ0v) is 22.8. The maximum absolute atomic E-state index is 3.87. The van der Waals surface area contributed by atoms with E-state index in [1.54, 1.807) is 0 Å². The fraction of sp³-hybridized carbons (Fsp3) is 0.0811. The third-order valence-corrected chi connectivity index (χ3v) is 9.58. The summed E-state index contributed by atoms with van der Waals surface area (Å²) in [5.41, 5.74) is 10.2. The molecule has 1 aromatic heterocycles. The first-order valence-corrected chi connectivity index (χ1v) is 14.3. The van der Waals surface area contributed by atoms with Gasteiger partial charge in [-0.3, -0.25) is 0 Å². The lowest BCUT2D eigenvalue weighted by Crippen LogP contribution is -2.15. The molecule has 7 aromatic rings. The van der Waals surface area contributed by atoms with Gasteiger partial charge in [0.05, 0.1) is 0 Å². The molecule has 1 heterocycles. The maximum atomic E-state index is 3.87. The van der Waals surface area contributed by atoms with E-state index in [2.05, 4.69) is 140 Å². The van der Waals surface area contributed by atoms with Crippen molar-refractivity contribution in [3.05, 3.63) is 132 Å². The van der Waals surface area contributed by atoms with Gasteiger partial charge in [0.2, 0.25) is 0 Å². The van der Waals surface area contributed by atoms with Gasteiger partial charge in [-0.1, -0.05) is 98.8 Å². The van der Waals surface area contributed by atoms with E-state index < -0.39 is 0 Å². The highest BCUT2D eigenvalue weighted by Crippen LogP contribution is 2.50. The maximum Gasteiger partial charge on any atom is 0.0470 e. The highest BCUT2D eigenvalue weighted by atomic mass is 32.1. The molecule has 39 heavy (non-hydrogen) atoms. The first kappa shape index (κ1) is 22.6. The van der Waals surface area contributed by atoms with Gasteiger partial charge in [0.25, 0.3) is 0 Å². The summed E-state index contributed by atoms with van der Waals surface area (Å²) < 4.78 is 2.65. The summed E-state index contributed by atoms with van der Waals surface area (Å²) in [5.74, 6) is 0. The fourth-order valence-electron chi connectivity index (χ4n) is 6.50. The lowest BCUT2D eigenvalue weighted by molar-refractivity contribution is 0.660. The second kappa shape index (κ2) is 8.30. The van der Waals surface area contributed by atoms with Crippen LogP contribution in [0.25, 0.3) is 53.2 Å². The SMILES string of the molecule is CC1(C)c2ccccc2-c2ccc(Nc3cc4ccccc4cc3-c3cccc4sc5ccccc5c34)cc21. The first-order valence-electron chi connectivity index (χ1n) is 13.5. The predicted molar refractivity (Wildman–Crippen MR) is 170 cm³/mol. The average molecular weight is 518 g/mol. The van der Waals surface area contributed by atoms with Crippen LogP contribution >= 0.6 is 11.3 Å². The van der Waals surface area contributed by atoms with E-state index in [0.717, 1.165) is 11.4 Å². The third-order valence-electron chi connectivity index (χ3n) is 8.44. The van der Waals surface area contributed by atoms with Crippen LogP contribution in [0, 0.1) is 0 Å². The Morgan fingerprint density at radius 2 is 1.23 bits per heavy atom. The zero-order valence-electron chi connectivity index (χ0n) is 22.0. The van der Waals surface area contributed by atoms with Crippen molar-refractivity contribution in [2.45, 2.75) is 19.3 Å². The van der Waals surface area contributed by atoms with Crippen LogP contribution in [0.15, 0.2) is 121 Å². The topological polar surface area (TPSA) is 12.0 Å². The van der Waals surface area contributed by atoms with Gasteiger partial charge in [-0.2, -0.15) is 0 Å². The van der Waals surface area contributed by atoms with E-state index in [1.165, 1.54) is 64.3 Å². The van der Waals surface area contributed by atoms with Crippen molar-refractivity contribution in [3.8, 4) is 22.3 Å². The highest BCUT2D eigenvalue weighted by Gasteiger charge is 2.35. The van der Waals surface area contributed by atoms with Crippen molar-refractivity contribution in [2.75, 3.05) is 5.32 Å². The molecule has 0 bridgehead atoms. The minimum Gasteiger partial charge on any atom is -0.355 e. The molecule has 0 unspecified atom stereocenters. The van der Waals surface area contributed by atoms with Crippen LogP contribution in [-0.4, -0.2) is 0 Å². The number of nitrogens with one attached hydrogen (secondary N) is 1. The van der Waals surface area contributed by atoms with E-state index in [-0.39, 0.29) is 5.41 Å². The normalized spacial score (nSPS) is 13.6. The summed E-state index contributed by atoms with van der Waals surface area (Å²) >= 11 is 1.87. The summed E-state index contributed by atoms with van der Waals surface area (Å²) in [6.07, 6.45) is 0. The van der Waals surface area contributed by atoms with Crippen LogP contribution in [-0.2, 0) is 5.41 Å². The minimum absolute atomic E-state index is 0.0307. The molecule has 0 radical (unpaired) electrons. The van der Waals surface area contributed by atoms with Crippen LogP contribution in [0.4, 0.5) is 11.4 Å². The Morgan fingerprint density at radius 1 is 0.538 bits per heavy atom. The number of thiophene rings is 1. The molecule has 2 heteroatoms. The third kappa shape index (κ3) is 3.38. The Balaban J connectivity index is 1.33. The van der Waals surface area contributed by atoms with Crippen molar-refractivity contribution in [1.82, 2.24) is 0 Å². The summed E-state index contributed by atoms with van der Waals surface area (Å²) in [6.45, 7) is 4.68. The summed E-state index contributed by atoms with van der Waals surface area (Å²) in [7, 11) is 0. The Bertz CT molecular complexity index is 2080. The Kier molecular flexibility index (Phi) is 4.80. The molecule has 0 saturated carbocycles. The monoisotopic (exact) mass is 517 g/mol. The van der Waals surface area contributed by atoms with Crippen LogP contribution in [0.3, 0.4) is 0 Å². The standard InChI is InChI=1S/C37H27NS/c1-37(2)31-15-7-5-12-26(31)27-19-18-25(22-32(27)37)38-33-21-24-11-4-3-10-23(24)20-30(33)28-14-9-17-35-36(28)29-13-6-8-16-34(29)39-35/h3-22,38H,1-2H3. The number of rotatable bonds is 3. The molecule has 1 aliphatic carbocycles. The lowest BCUT2D eigenvalue weighted by atomic mass is 9.82. The van der Waals surface area contributed by atoms with Crippen molar-refractivity contribution in [3.63, 3.8) is 0 Å². The molecule has 1 N–H and O–H groups in total. The van der Waals surface area contributed by atoms with Gasteiger partial charge < -0.3 is 5.32 Å². The van der Waals surface area contributed by atoms with Crippen molar-refractivity contribution in [2.24, 2.45) is 0 Å². The molecule has 0 amide bonds. The van der Waals surface area contributed by atoms with Gasteiger partial charge in [-0.15, -0.1) is 11.3 Å². The quantitative estimate of drug-likeness (QED) is 0.246. The molecular formula is C37H27NS. The van der Waals surface area contributed by atoms with Gasteiger partial charge in [-0.05, 0) is 75.0 Å². The van der Waals surface area contributed by atoms with Crippen LogP contribution in [0.5, 0.6) is 0 Å². The van der Waals surface area contributed by atoms with Crippen molar-refractivity contribution >= 4 is 53.7 Å². The second-order valence-corrected chi connectivity index (χ2v) is 12.2. The molecule has 186 valence electrons. The van der Waals surface area contributed by atoms with E-state index in [0.29, 0.717) is 0 Å². The van der Waals surface area contributed by atoms with Crippen molar-refractivity contribution in [1.29, 1.82) is 0 Å². The van der Waals surface area contributed by atoms with Gasteiger partial charge >= 0.3 is 0 Å². The molecule has 0 aliphatic heterocycles. The summed E-state index contributed by atoms with van der Waals surface area (Å²) in [4.78, 5) is 0. The lowest BCUT2D eigenvalue weighted by Gasteiger charge is -2.22. The first-order chi connectivity index (χ1) is 19.1. The van der Waals surface area contributed by atoms with Crippen LogP contribution in [0.2, 0.25) is 0 Å². The van der Waals surface area contributed by atoms with E-state index in [9.17, 15) is 0 Å². The fourth-order valence-corrected chi connectivity index (χ4v) is 7.64. The molecule has 1 aliphatic rings. The Labute approximate surface area is 232 Å². The number of fused-ring (bicyclic) bond motifs is 7. The number of benzene rings is 6.